The van der Waals surface area contributed by atoms with Gasteiger partial charge in [0.15, 0.2) is 11.5 Å². The fourth-order valence-corrected chi connectivity index (χ4v) is 3.69. The summed E-state index contributed by atoms with van der Waals surface area (Å²) >= 11 is 9.82. The maximum atomic E-state index is 12.9. The Balaban J connectivity index is 1.83. The molecule has 3 aromatic rings. The summed E-state index contributed by atoms with van der Waals surface area (Å²) in [5, 5.41) is 11.9. The number of hydrogen-bond acceptors (Lipinski definition) is 4. The van der Waals surface area contributed by atoms with E-state index in [0.29, 0.717) is 5.56 Å². The molecule has 0 saturated heterocycles. The van der Waals surface area contributed by atoms with E-state index in [0.717, 1.165) is 28.2 Å². The summed E-state index contributed by atoms with van der Waals surface area (Å²) in [7, 11) is 1.41. The molecule has 0 aromatic heterocycles. The van der Waals surface area contributed by atoms with Crippen LogP contribution in [0, 0.1) is 11.3 Å². The fourth-order valence-electron chi connectivity index (χ4n) is 3.02. The number of ether oxygens (including phenoxy) is 2. The minimum absolute atomic E-state index is 0.0996. The van der Waals surface area contributed by atoms with Gasteiger partial charge in [-0.25, -0.2) is 0 Å². The number of rotatable bonds is 7. The van der Waals surface area contributed by atoms with Crippen molar-refractivity contribution < 1.29 is 27.4 Å². The number of alkyl halides is 3. The van der Waals surface area contributed by atoms with E-state index in [4.69, 9.17) is 21.1 Å². The quantitative estimate of drug-likeness (QED) is 0.242. The van der Waals surface area contributed by atoms with Gasteiger partial charge >= 0.3 is 6.18 Å². The second kappa shape index (κ2) is 11.3. The second-order valence-electron chi connectivity index (χ2n) is 7.12. The van der Waals surface area contributed by atoms with Crippen molar-refractivity contribution in [1.82, 2.24) is 0 Å². The fraction of sp³-hybridized carbons (Fsp3) is 0.120. The topological polar surface area (TPSA) is 71.3 Å². The van der Waals surface area contributed by atoms with Crippen LogP contribution in [0.15, 0.2) is 70.7 Å². The number of anilines is 1. The molecule has 0 bridgehead atoms. The number of carbonyl (C=O) groups is 1. The number of benzene rings is 3. The highest BCUT2D eigenvalue weighted by molar-refractivity contribution is 9.10. The van der Waals surface area contributed by atoms with Crippen LogP contribution in [0.5, 0.6) is 11.5 Å². The lowest BCUT2D eigenvalue weighted by Gasteiger charge is -2.14. The summed E-state index contributed by atoms with van der Waals surface area (Å²) < 4.78 is 50.8. The van der Waals surface area contributed by atoms with Crippen LogP contribution in [0.4, 0.5) is 18.9 Å². The minimum atomic E-state index is -4.57. The van der Waals surface area contributed by atoms with Crippen molar-refractivity contribution in [2.75, 3.05) is 12.4 Å². The summed E-state index contributed by atoms with van der Waals surface area (Å²) in [5.74, 6) is -0.337. The van der Waals surface area contributed by atoms with E-state index < -0.39 is 17.6 Å². The lowest BCUT2D eigenvalue weighted by atomic mass is 10.1. The van der Waals surface area contributed by atoms with Crippen LogP contribution >= 0.6 is 27.5 Å². The summed E-state index contributed by atoms with van der Waals surface area (Å²) in [6, 6.07) is 16.4. The highest BCUT2D eigenvalue weighted by Gasteiger charge is 2.30. The van der Waals surface area contributed by atoms with Crippen molar-refractivity contribution in [3.8, 4) is 17.6 Å². The van der Waals surface area contributed by atoms with Crippen molar-refractivity contribution >= 4 is 45.2 Å². The van der Waals surface area contributed by atoms with Crippen molar-refractivity contribution in [2.24, 2.45) is 0 Å². The van der Waals surface area contributed by atoms with Gasteiger partial charge in [-0.2, -0.15) is 18.4 Å². The Morgan fingerprint density at radius 2 is 1.91 bits per heavy atom. The second-order valence-corrected chi connectivity index (χ2v) is 8.38. The Hall–Kier alpha value is -3.48. The van der Waals surface area contributed by atoms with Crippen LogP contribution in [0.25, 0.3) is 6.08 Å². The summed E-state index contributed by atoms with van der Waals surface area (Å²) in [5.41, 5.74) is -0.129. The summed E-state index contributed by atoms with van der Waals surface area (Å²) in [6.45, 7) is 0.204. The van der Waals surface area contributed by atoms with E-state index in [1.54, 1.807) is 6.07 Å². The standard InChI is InChI=1S/C25H17BrClF3N2O3/c1-34-22-11-15(10-21(27)23(22)35-14-16-5-2-3-8-20(16)26)9-17(13-31)24(33)32-19-7-4-6-18(12-19)25(28,29)30/h2-12H,14H2,1H3,(H,32,33)/b17-9+. The molecule has 0 aliphatic carbocycles. The van der Waals surface area contributed by atoms with Crippen LogP contribution in [-0.4, -0.2) is 13.0 Å². The average Bonchev–Trinajstić information content (AvgIpc) is 2.82. The van der Waals surface area contributed by atoms with Gasteiger partial charge < -0.3 is 14.8 Å². The largest absolute Gasteiger partial charge is 0.493 e. The van der Waals surface area contributed by atoms with E-state index >= 15 is 0 Å². The zero-order chi connectivity index (χ0) is 25.6. The van der Waals surface area contributed by atoms with Gasteiger partial charge in [0.05, 0.1) is 17.7 Å². The molecule has 0 aliphatic rings. The molecule has 0 spiro atoms. The van der Waals surface area contributed by atoms with Crippen molar-refractivity contribution in [2.45, 2.75) is 12.8 Å². The Morgan fingerprint density at radius 3 is 2.57 bits per heavy atom. The monoisotopic (exact) mass is 564 g/mol. The Labute approximate surface area is 212 Å². The normalized spacial score (nSPS) is 11.5. The molecular formula is C25H17BrClF3N2O3. The van der Waals surface area contributed by atoms with Gasteiger partial charge in [-0.1, -0.05) is 51.8 Å². The molecule has 0 fully saturated rings. The van der Waals surface area contributed by atoms with Crippen LogP contribution in [-0.2, 0) is 17.6 Å². The average molecular weight is 566 g/mol. The predicted molar refractivity (Wildman–Crippen MR) is 130 cm³/mol. The maximum absolute atomic E-state index is 12.9. The van der Waals surface area contributed by atoms with Crippen LogP contribution in [0.2, 0.25) is 5.02 Å². The molecule has 3 aromatic carbocycles. The first kappa shape index (κ1) is 26.1. The molecule has 0 heterocycles. The van der Waals surface area contributed by atoms with Gasteiger partial charge in [0.1, 0.15) is 18.2 Å². The highest BCUT2D eigenvalue weighted by Crippen LogP contribution is 2.38. The van der Waals surface area contributed by atoms with Crippen molar-refractivity contribution in [3.63, 3.8) is 0 Å². The number of carbonyl (C=O) groups excluding carboxylic acids is 1. The highest BCUT2D eigenvalue weighted by atomic mass is 79.9. The molecule has 5 nitrogen and oxygen atoms in total. The number of methoxy groups -OCH3 is 1. The van der Waals surface area contributed by atoms with E-state index in [1.807, 2.05) is 24.3 Å². The molecule has 1 N–H and O–H groups in total. The predicted octanol–water partition coefficient (Wildman–Crippen LogP) is 7.25. The molecule has 3 rings (SSSR count). The van der Waals surface area contributed by atoms with Gasteiger partial charge in [0.2, 0.25) is 0 Å². The molecule has 0 aliphatic heterocycles. The Kier molecular flexibility index (Phi) is 8.43. The van der Waals surface area contributed by atoms with Gasteiger partial charge in [0.25, 0.3) is 5.91 Å². The van der Waals surface area contributed by atoms with Gasteiger partial charge in [-0.3, -0.25) is 4.79 Å². The van der Waals surface area contributed by atoms with Crippen LogP contribution in [0.3, 0.4) is 0 Å². The molecule has 0 saturated carbocycles. The lowest BCUT2D eigenvalue weighted by molar-refractivity contribution is -0.137. The zero-order valence-corrected chi connectivity index (χ0v) is 20.5. The first-order valence-electron chi connectivity index (χ1n) is 9.96. The summed E-state index contributed by atoms with van der Waals surface area (Å²) in [6.07, 6.45) is -3.32. The Bertz CT molecular complexity index is 1320. The van der Waals surface area contributed by atoms with E-state index in [1.165, 1.54) is 31.4 Å². The maximum Gasteiger partial charge on any atom is 0.416 e. The molecular weight excluding hydrogens is 549 g/mol. The Morgan fingerprint density at radius 1 is 1.17 bits per heavy atom. The lowest BCUT2D eigenvalue weighted by Crippen LogP contribution is -2.14. The van der Waals surface area contributed by atoms with Gasteiger partial charge in [-0.15, -0.1) is 0 Å². The molecule has 0 unspecified atom stereocenters. The van der Waals surface area contributed by atoms with Crippen LogP contribution in [0.1, 0.15) is 16.7 Å². The summed E-state index contributed by atoms with van der Waals surface area (Å²) in [4.78, 5) is 12.5. The molecule has 35 heavy (non-hydrogen) atoms. The van der Waals surface area contributed by atoms with E-state index in [2.05, 4.69) is 21.2 Å². The SMILES string of the molecule is COc1cc(/C=C(\C#N)C(=O)Nc2cccc(C(F)(F)F)c2)cc(Cl)c1OCc1ccccc1Br. The van der Waals surface area contributed by atoms with Crippen molar-refractivity contribution in [1.29, 1.82) is 5.26 Å². The molecule has 180 valence electrons. The third kappa shape index (κ3) is 6.78. The van der Waals surface area contributed by atoms with E-state index in [-0.39, 0.29) is 34.4 Å². The number of hydrogen-bond donors (Lipinski definition) is 1. The van der Waals surface area contributed by atoms with Gasteiger partial charge in [-0.05, 0) is 48.0 Å². The van der Waals surface area contributed by atoms with Gasteiger partial charge in [0, 0.05) is 15.7 Å². The number of nitriles is 1. The first-order valence-corrected chi connectivity index (χ1v) is 11.1. The number of nitrogens with one attached hydrogen (secondary N) is 1. The molecule has 1 amide bonds. The number of nitrogens with zero attached hydrogens (tertiary/aromatic N) is 1. The number of halogens is 5. The van der Waals surface area contributed by atoms with Crippen molar-refractivity contribution in [3.05, 3.63) is 92.4 Å². The number of amides is 1. The molecule has 10 heteroatoms. The smallest absolute Gasteiger partial charge is 0.416 e. The third-order valence-electron chi connectivity index (χ3n) is 4.71. The van der Waals surface area contributed by atoms with E-state index in [9.17, 15) is 23.2 Å². The minimum Gasteiger partial charge on any atom is -0.493 e. The first-order chi connectivity index (χ1) is 16.6. The molecule has 0 atom stereocenters. The van der Waals surface area contributed by atoms with Crippen LogP contribution < -0.4 is 14.8 Å². The zero-order valence-electron chi connectivity index (χ0n) is 18.1. The third-order valence-corrected chi connectivity index (χ3v) is 5.76. The molecule has 0 radical (unpaired) electrons.